The van der Waals surface area contributed by atoms with Crippen LogP contribution in [-0.4, -0.2) is 26.2 Å². The number of methoxy groups -OCH3 is 1. The van der Waals surface area contributed by atoms with Gasteiger partial charge in [-0.25, -0.2) is 4.99 Å². The molecule has 0 aliphatic heterocycles. The third-order valence-electron chi connectivity index (χ3n) is 3.34. The summed E-state index contributed by atoms with van der Waals surface area (Å²) >= 11 is 0. The second kappa shape index (κ2) is 10.7. The molecule has 0 amide bonds. The van der Waals surface area contributed by atoms with Gasteiger partial charge in [-0.05, 0) is 48.4 Å². The minimum atomic E-state index is 0. The van der Waals surface area contributed by atoms with Gasteiger partial charge in [0.1, 0.15) is 18.1 Å². The lowest BCUT2D eigenvalue weighted by atomic mass is 10.1. The van der Waals surface area contributed by atoms with Crippen molar-refractivity contribution in [3.05, 3.63) is 54.1 Å². The summed E-state index contributed by atoms with van der Waals surface area (Å²) in [5.74, 6) is 1.97. The summed E-state index contributed by atoms with van der Waals surface area (Å²) < 4.78 is 10.7. The van der Waals surface area contributed by atoms with Crippen molar-refractivity contribution in [2.45, 2.75) is 13.3 Å². The quantitative estimate of drug-likeness (QED) is 0.298. The molecule has 24 heavy (non-hydrogen) atoms. The van der Waals surface area contributed by atoms with Crippen molar-refractivity contribution in [2.24, 2.45) is 10.7 Å². The van der Waals surface area contributed by atoms with E-state index in [1.807, 2.05) is 36.4 Å². The van der Waals surface area contributed by atoms with Crippen LogP contribution in [0.15, 0.2) is 53.5 Å². The van der Waals surface area contributed by atoms with Gasteiger partial charge >= 0.3 is 0 Å². The number of benzene rings is 2. The first-order chi connectivity index (χ1) is 11.2. The van der Waals surface area contributed by atoms with Crippen LogP contribution in [-0.2, 0) is 6.42 Å². The van der Waals surface area contributed by atoms with Crippen molar-refractivity contribution in [1.82, 2.24) is 0 Å². The van der Waals surface area contributed by atoms with Gasteiger partial charge in [0.15, 0.2) is 5.96 Å². The van der Waals surface area contributed by atoms with Crippen molar-refractivity contribution in [1.29, 1.82) is 0 Å². The SMILES string of the molecule is CCc1ccc(NC(N)=NCCOc2ccc(OC)cc2)cc1.I. The first-order valence-corrected chi connectivity index (χ1v) is 7.64. The van der Waals surface area contributed by atoms with E-state index in [1.165, 1.54) is 5.56 Å². The van der Waals surface area contributed by atoms with E-state index >= 15 is 0 Å². The number of nitrogens with two attached hydrogens (primary N) is 1. The van der Waals surface area contributed by atoms with Gasteiger partial charge in [-0.15, -0.1) is 24.0 Å². The van der Waals surface area contributed by atoms with Crippen LogP contribution in [0.4, 0.5) is 5.69 Å². The summed E-state index contributed by atoms with van der Waals surface area (Å²) in [4.78, 5) is 4.24. The topological polar surface area (TPSA) is 68.9 Å². The standard InChI is InChI=1S/C18H23N3O2.HI/c1-3-14-4-6-15(7-5-14)21-18(19)20-12-13-23-17-10-8-16(22-2)9-11-17;/h4-11H,3,12-13H2,1-2H3,(H3,19,20,21);1H. The highest BCUT2D eigenvalue weighted by Crippen LogP contribution is 2.16. The van der Waals surface area contributed by atoms with Crippen molar-refractivity contribution < 1.29 is 9.47 Å². The first kappa shape index (κ1) is 20.1. The number of nitrogens with one attached hydrogen (secondary N) is 1. The Hall–Kier alpha value is -1.96. The van der Waals surface area contributed by atoms with E-state index in [2.05, 4.69) is 29.4 Å². The van der Waals surface area contributed by atoms with Gasteiger partial charge in [0, 0.05) is 5.69 Å². The minimum absolute atomic E-state index is 0. The van der Waals surface area contributed by atoms with Gasteiger partial charge in [0.2, 0.25) is 0 Å². The molecule has 0 spiro atoms. The average molecular weight is 441 g/mol. The van der Waals surface area contributed by atoms with Gasteiger partial charge < -0.3 is 20.5 Å². The fraction of sp³-hybridized carbons (Fsp3) is 0.278. The molecule has 0 fully saturated rings. The molecular weight excluding hydrogens is 417 g/mol. The molecule has 2 aromatic carbocycles. The summed E-state index contributed by atoms with van der Waals surface area (Å²) in [7, 11) is 1.64. The Bertz CT molecular complexity index is 628. The van der Waals surface area contributed by atoms with Crippen LogP contribution < -0.4 is 20.5 Å². The second-order valence-corrected chi connectivity index (χ2v) is 4.97. The Kier molecular flexibility index (Phi) is 8.99. The van der Waals surface area contributed by atoms with Crippen LogP contribution in [0.5, 0.6) is 11.5 Å². The number of hydrogen-bond donors (Lipinski definition) is 2. The van der Waals surface area contributed by atoms with Gasteiger partial charge in [-0.3, -0.25) is 0 Å². The molecule has 0 heterocycles. The van der Waals surface area contributed by atoms with Crippen molar-refractivity contribution >= 4 is 35.6 Å². The number of aryl methyl sites for hydroxylation is 1. The molecule has 0 saturated carbocycles. The average Bonchev–Trinajstić information content (AvgIpc) is 2.60. The molecule has 130 valence electrons. The molecule has 2 rings (SSSR count). The van der Waals surface area contributed by atoms with Crippen LogP contribution in [0, 0.1) is 0 Å². The number of halogens is 1. The Morgan fingerprint density at radius 2 is 1.67 bits per heavy atom. The zero-order chi connectivity index (χ0) is 16.5. The summed E-state index contributed by atoms with van der Waals surface area (Å²) in [5.41, 5.74) is 8.08. The molecule has 0 saturated heterocycles. The third-order valence-corrected chi connectivity index (χ3v) is 3.34. The van der Waals surface area contributed by atoms with E-state index in [0.29, 0.717) is 19.1 Å². The lowest BCUT2D eigenvalue weighted by Gasteiger charge is -2.08. The van der Waals surface area contributed by atoms with Gasteiger partial charge in [-0.1, -0.05) is 19.1 Å². The van der Waals surface area contributed by atoms with Crippen molar-refractivity contribution in [3.8, 4) is 11.5 Å². The van der Waals surface area contributed by atoms with E-state index in [9.17, 15) is 0 Å². The number of rotatable bonds is 7. The minimum Gasteiger partial charge on any atom is -0.497 e. The van der Waals surface area contributed by atoms with Crippen LogP contribution in [0.3, 0.4) is 0 Å². The number of anilines is 1. The number of hydrogen-bond acceptors (Lipinski definition) is 3. The Labute approximate surface area is 160 Å². The number of ether oxygens (including phenoxy) is 2. The van der Waals surface area contributed by atoms with Gasteiger partial charge in [0.25, 0.3) is 0 Å². The predicted octanol–water partition coefficient (Wildman–Crippen LogP) is 3.68. The molecule has 0 radical (unpaired) electrons. The summed E-state index contributed by atoms with van der Waals surface area (Å²) in [6.07, 6.45) is 1.02. The smallest absolute Gasteiger partial charge is 0.193 e. The van der Waals surface area contributed by atoms with Gasteiger partial charge in [-0.2, -0.15) is 0 Å². The van der Waals surface area contributed by atoms with Crippen molar-refractivity contribution in [2.75, 3.05) is 25.6 Å². The highest BCUT2D eigenvalue weighted by Gasteiger charge is 1.97. The Balaban J connectivity index is 0.00000288. The number of guanidine groups is 1. The molecular formula is C18H24IN3O2. The number of aliphatic imine (C=N–C) groups is 1. The van der Waals surface area contributed by atoms with E-state index in [0.717, 1.165) is 23.6 Å². The van der Waals surface area contributed by atoms with Crippen LogP contribution >= 0.6 is 24.0 Å². The Morgan fingerprint density at radius 1 is 1.04 bits per heavy atom. The first-order valence-electron chi connectivity index (χ1n) is 7.64. The maximum Gasteiger partial charge on any atom is 0.193 e. The molecule has 3 N–H and O–H groups in total. The molecule has 2 aromatic rings. The third kappa shape index (κ3) is 6.66. The molecule has 0 aliphatic carbocycles. The monoisotopic (exact) mass is 441 g/mol. The second-order valence-electron chi connectivity index (χ2n) is 4.97. The molecule has 0 unspecified atom stereocenters. The predicted molar refractivity (Wildman–Crippen MR) is 110 cm³/mol. The normalized spacial score (nSPS) is 10.7. The highest BCUT2D eigenvalue weighted by molar-refractivity contribution is 14.0. The number of nitrogens with zero attached hydrogens (tertiary/aromatic N) is 1. The maximum atomic E-state index is 5.86. The molecule has 0 aliphatic rings. The zero-order valence-electron chi connectivity index (χ0n) is 14.0. The Morgan fingerprint density at radius 3 is 2.25 bits per heavy atom. The highest BCUT2D eigenvalue weighted by atomic mass is 127. The summed E-state index contributed by atoms with van der Waals surface area (Å²) in [6, 6.07) is 15.6. The van der Waals surface area contributed by atoms with Gasteiger partial charge in [0.05, 0.1) is 13.7 Å². The van der Waals surface area contributed by atoms with Crippen LogP contribution in [0.25, 0.3) is 0 Å². The zero-order valence-corrected chi connectivity index (χ0v) is 16.3. The van der Waals surface area contributed by atoms with Crippen LogP contribution in [0.1, 0.15) is 12.5 Å². The fourth-order valence-corrected chi connectivity index (χ4v) is 2.01. The molecule has 0 bridgehead atoms. The fourth-order valence-electron chi connectivity index (χ4n) is 2.01. The maximum absolute atomic E-state index is 5.86. The molecule has 5 nitrogen and oxygen atoms in total. The lowest BCUT2D eigenvalue weighted by Crippen LogP contribution is -2.23. The summed E-state index contributed by atoms with van der Waals surface area (Å²) in [5, 5.41) is 3.06. The largest absolute Gasteiger partial charge is 0.497 e. The van der Waals surface area contributed by atoms with E-state index < -0.39 is 0 Å². The lowest BCUT2D eigenvalue weighted by molar-refractivity contribution is 0.327. The van der Waals surface area contributed by atoms with Crippen LogP contribution in [0.2, 0.25) is 0 Å². The van der Waals surface area contributed by atoms with E-state index in [1.54, 1.807) is 7.11 Å². The molecule has 6 heteroatoms. The molecule has 0 aromatic heterocycles. The molecule has 0 atom stereocenters. The summed E-state index contributed by atoms with van der Waals surface area (Å²) in [6.45, 7) is 3.07. The van der Waals surface area contributed by atoms with E-state index in [-0.39, 0.29) is 24.0 Å². The van der Waals surface area contributed by atoms with E-state index in [4.69, 9.17) is 15.2 Å². The van der Waals surface area contributed by atoms with Crippen molar-refractivity contribution in [3.63, 3.8) is 0 Å².